The molecule has 1 aromatic rings. The van der Waals surface area contributed by atoms with Crippen LogP contribution in [0.3, 0.4) is 0 Å². The second-order valence-corrected chi connectivity index (χ2v) is 5.53. The van der Waals surface area contributed by atoms with Crippen molar-refractivity contribution in [3.05, 3.63) is 16.9 Å². The lowest BCUT2D eigenvalue weighted by Gasteiger charge is -2.32. The Bertz CT molecular complexity index is 484. The van der Waals surface area contributed by atoms with Crippen molar-refractivity contribution in [1.82, 2.24) is 9.97 Å². The van der Waals surface area contributed by atoms with Crippen LogP contribution >= 0.6 is 11.6 Å². The van der Waals surface area contributed by atoms with Crippen molar-refractivity contribution >= 4 is 11.6 Å². The highest BCUT2D eigenvalue weighted by Crippen LogP contribution is 2.34. The summed E-state index contributed by atoms with van der Waals surface area (Å²) in [5.41, 5.74) is -1.79. The summed E-state index contributed by atoms with van der Waals surface area (Å²) in [7, 11) is 0. The van der Waals surface area contributed by atoms with E-state index in [1.54, 1.807) is 6.92 Å². The first-order valence-corrected chi connectivity index (χ1v) is 6.54. The van der Waals surface area contributed by atoms with Gasteiger partial charge in [-0.1, -0.05) is 11.6 Å². The van der Waals surface area contributed by atoms with Gasteiger partial charge in [0.2, 0.25) is 0 Å². The van der Waals surface area contributed by atoms with Gasteiger partial charge in [0.1, 0.15) is 16.8 Å². The van der Waals surface area contributed by atoms with Crippen molar-refractivity contribution in [2.45, 2.75) is 50.5 Å². The van der Waals surface area contributed by atoms with Gasteiger partial charge in [-0.05, 0) is 32.6 Å². The van der Waals surface area contributed by atoms with Crippen LogP contribution in [0.5, 0.6) is 6.01 Å². The van der Waals surface area contributed by atoms with Gasteiger partial charge >= 0.3 is 12.2 Å². The zero-order valence-corrected chi connectivity index (χ0v) is 11.5. The standard InChI is InChI=1S/C12H14ClF3N2O2/c1-11(19)4-2-7(3-5-11)20-10-17-6-8(9(13)18-10)12(14,15)16/h6-7,19H,2-5H2,1H3. The minimum absolute atomic E-state index is 0.172. The van der Waals surface area contributed by atoms with Crippen LogP contribution in [0.15, 0.2) is 6.20 Å². The maximum Gasteiger partial charge on any atom is 0.420 e. The molecule has 1 fully saturated rings. The van der Waals surface area contributed by atoms with Crippen molar-refractivity contribution in [3.63, 3.8) is 0 Å². The van der Waals surface area contributed by atoms with Gasteiger partial charge in [0.15, 0.2) is 0 Å². The number of halogens is 4. The Morgan fingerprint density at radius 2 is 2.00 bits per heavy atom. The van der Waals surface area contributed by atoms with Gasteiger partial charge in [0, 0.05) is 6.20 Å². The summed E-state index contributed by atoms with van der Waals surface area (Å²) in [6.45, 7) is 1.74. The Labute approximate surface area is 118 Å². The van der Waals surface area contributed by atoms with Crippen molar-refractivity contribution < 1.29 is 23.0 Å². The minimum Gasteiger partial charge on any atom is -0.460 e. The number of nitrogens with zero attached hydrogens (tertiary/aromatic N) is 2. The van der Waals surface area contributed by atoms with Crippen molar-refractivity contribution in [3.8, 4) is 6.01 Å². The Hall–Kier alpha value is -1.08. The molecule has 0 radical (unpaired) electrons. The van der Waals surface area contributed by atoms with Crippen molar-refractivity contribution in [2.75, 3.05) is 0 Å². The van der Waals surface area contributed by atoms with E-state index < -0.39 is 22.5 Å². The molecule has 0 unspecified atom stereocenters. The van der Waals surface area contributed by atoms with Crippen LogP contribution in [-0.2, 0) is 6.18 Å². The topological polar surface area (TPSA) is 55.2 Å². The summed E-state index contributed by atoms with van der Waals surface area (Å²) in [6.07, 6.45) is -1.88. The molecule has 112 valence electrons. The normalized spacial score (nSPS) is 27.4. The predicted octanol–water partition coefficient (Wildman–Crippen LogP) is 3.22. The van der Waals surface area contributed by atoms with Gasteiger partial charge in [-0.25, -0.2) is 4.98 Å². The van der Waals surface area contributed by atoms with Crippen LogP contribution in [0.2, 0.25) is 5.15 Å². The van der Waals surface area contributed by atoms with Gasteiger partial charge in [-0.3, -0.25) is 0 Å². The molecule has 0 saturated heterocycles. The lowest BCUT2D eigenvalue weighted by atomic mass is 9.85. The largest absolute Gasteiger partial charge is 0.460 e. The third kappa shape index (κ3) is 3.73. The van der Waals surface area contributed by atoms with E-state index in [1.807, 2.05) is 0 Å². The fourth-order valence-corrected chi connectivity index (χ4v) is 2.30. The SMILES string of the molecule is CC1(O)CCC(Oc2ncc(C(F)(F)F)c(Cl)n2)CC1. The average Bonchev–Trinajstić information content (AvgIpc) is 2.30. The summed E-state index contributed by atoms with van der Waals surface area (Å²) >= 11 is 5.49. The minimum atomic E-state index is -4.58. The first-order valence-electron chi connectivity index (χ1n) is 6.16. The molecule has 0 aromatic carbocycles. The van der Waals surface area contributed by atoms with Crippen molar-refractivity contribution in [2.24, 2.45) is 0 Å². The smallest absolute Gasteiger partial charge is 0.420 e. The van der Waals surface area contributed by atoms with E-state index in [4.69, 9.17) is 16.3 Å². The zero-order valence-electron chi connectivity index (χ0n) is 10.7. The maximum absolute atomic E-state index is 12.5. The van der Waals surface area contributed by atoms with E-state index in [9.17, 15) is 18.3 Å². The van der Waals surface area contributed by atoms with Crippen LogP contribution in [0.4, 0.5) is 13.2 Å². The monoisotopic (exact) mass is 310 g/mol. The average molecular weight is 311 g/mol. The summed E-state index contributed by atoms with van der Waals surface area (Å²) in [5.74, 6) is 0. The number of aromatic nitrogens is 2. The predicted molar refractivity (Wildman–Crippen MR) is 65.6 cm³/mol. The molecule has 2 rings (SSSR count). The van der Waals surface area contributed by atoms with Gasteiger partial charge in [-0.2, -0.15) is 18.2 Å². The molecule has 20 heavy (non-hydrogen) atoms. The van der Waals surface area contributed by atoms with Crippen molar-refractivity contribution in [1.29, 1.82) is 0 Å². The molecule has 8 heteroatoms. The molecule has 0 amide bonds. The molecule has 0 aliphatic heterocycles. The Kier molecular flexibility index (Phi) is 4.11. The molecule has 1 heterocycles. The molecule has 0 spiro atoms. The third-order valence-corrected chi connectivity index (χ3v) is 3.60. The summed E-state index contributed by atoms with van der Waals surface area (Å²) < 4.78 is 42.9. The second-order valence-electron chi connectivity index (χ2n) is 5.17. The van der Waals surface area contributed by atoms with E-state index in [0.29, 0.717) is 31.9 Å². The summed E-state index contributed by atoms with van der Waals surface area (Å²) in [6, 6.07) is -0.172. The van der Waals surface area contributed by atoms with Crippen LogP contribution < -0.4 is 4.74 Å². The van der Waals surface area contributed by atoms with E-state index in [1.165, 1.54) is 0 Å². The van der Waals surface area contributed by atoms with Crippen LogP contribution in [0.1, 0.15) is 38.2 Å². The highest BCUT2D eigenvalue weighted by atomic mass is 35.5. The summed E-state index contributed by atoms with van der Waals surface area (Å²) in [4.78, 5) is 7.06. The highest BCUT2D eigenvalue weighted by Gasteiger charge is 2.35. The molecule has 1 aliphatic rings. The quantitative estimate of drug-likeness (QED) is 0.852. The number of hydrogen-bond donors (Lipinski definition) is 1. The number of rotatable bonds is 2. The van der Waals surface area contributed by atoms with Crippen LogP contribution in [0, 0.1) is 0 Å². The fourth-order valence-electron chi connectivity index (χ4n) is 2.07. The Morgan fingerprint density at radius 1 is 1.40 bits per heavy atom. The fraction of sp³-hybridized carbons (Fsp3) is 0.667. The number of alkyl halides is 3. The molecular weight excluding hydrogens is 297 g/mol. The summed E-state index contributed by atoms with van der Waals surface area (Å²) in [5, 5.41) is 9.12. The number of aliphatic hydroxyl groups is 1. The molecule has 1 saturated carbocycles. The van der Waals surface area contributed by atoms with E-state index >= 15 is 0 Å². The lowest BCUT2D eigenvalue weighted by molar-refractivity contribution is -0.138. The first-order chi connectivity index (χ1) is 9.17. The first kappa shape index (κ1) is 15.3. The Balaban J connectivity index is 2.03. The van der Waals surface area contributed by atoms with Crippen LogP contribution in [0.25, 0.3) is 0 Å². The molecular formula is C12H14ClF3N2O2. The van der Waals surface area contributed by atoms with Gasteiger partial charge in [-0.15, -0.1) is 0 Å². The Morgan fingerprint density at radius 3 is 2.50 bits per heavy atom. The molecule has 4 nitrogen and oxygen atoms in total. The molecule has 0 atom stereocenters. The van der Waals surface area contributed by atoms with Gasteiger partial charge in [0.25, 0.3) is 0 Å². The molecule has 0 bridgehead atoms. The van der Waals surface area contributed by atoms with Gasteiger partial charge < -0.3 is 9.84 Å². The van der Waals surface area contributed by atoms with E-state index in [-0.39, 0.29) is 12.1 Å². The van der Waals surface area contributed by atoms with Crippen LogP contribution in [-0.4, -0.2) is 26.8 Å². The molecule has 1 aromatic heterocycles. The third-order valence-electron chi connectivity index (χ3n) is 3.31. The highest BCUT2D eigenvalue weighted by molar-refractivity contribution is 6.30. The molecule has 1 N–H and O–H groups in total. The number of ether oxygens (including phenoxy) is 1. The van der Waals surface area contributed by atoms with E-state index in [0.717, 1.165) is 0 Å². The zero-order chi connectivity index (χ0) is 15.0. The van der Waals surface area contributed by atoms with Gasteiger partial charge in [0.05, 0.1) is 5.60 Å². The molecule has 1 aliphatic carbocycles. The maximum atomic E-state index is 12.5. The lowest BCUT2D eigenvalue weighted by Crippen LogP contribution is -2.35. The number of hydrogen-bond acceptors (Lipinski definition) is 4. The second kappa shape index (κ2) is 5.37. The van der Waals surface area contributed by atoms with E-state index in [2.05, 4.69) is 9.97 Å².